The van der Waals surface area contributed by atoms with Gasteiger partial charge in [-0.25, -0.2) is 0 Å². The second-order valence-electron chi connectivity index (χ2n) is 5.55. The quantitative estimate of drug-likeness (QED) is 0.708. The summed E-state index contributed by atoms with van der Waals surface area (Å²) in [7, 11) is 0. The van der Waals surface area contributed by atoms with Gasteiger partial charge in [0.05, 0.1) is 11.3 Å². The van der Waals surface area contributed by atoms with Crippen LogP contribution in [0.2, 0.25) is 5.02 Å². The van der Waals surface area contributed by atoms with Crippen molar-refractivity contribution in [1.82, 2.24) is 5.32 Å². The van der Waals surface area contributed by atoms with E-state index in [1.807, 2.05) is 6.92 Å². The van der Waals surface area contributed by atoms with E-state index >= 15 is 0 Å². The molecule has 25 heavy (non-hydrogen) atoms. The number of halogens is 1. The number of amides is 2. The van der Waals surface area contributed by atoms with Gasteiger partial charge in [-0.05, 0) is 42.8 Å². The van der Waals surface area contributed by atoms with Crippen LogP contribution >= 0.6 is 11.6 Å². The lowest BCUT2D eigenvalue weighted by Gasteiger charge is -2.10. The molecule has 1 heterocycles. The highest BCUT2D eigenvalue weighted by atomic mass is 35.5. The molecule has 5 nitrogen and oxygen atoms in total. The van der Waals surface area contributed by atoms with Crippen molar-refractivity contribution in [2.75, 3.05) is 11.9 Å². The van der Waals surface area contributed by atoms with Crippen molar-refractivity contribution in [3.05, 3.63) is 64.9 Å². The maximum absolute atomic E-state index is 12.5. The van der Waals surface area contributed by atoms with Gasteiger partial charge in [-0.1, -0.05) is 30.7 Å². The lowest BCUT2D eigenvalue weighted by molar-refractivity contribution is 0.0954. The van der Waals surface area contributed by atoms with Gasteiger partial charge in [0.25, 0.3) is 11.8 Å². The van der Waals surface area contributed by atoms with E-state index in [1.165, 1.54) is 0 Å². The minimum atomic E-state index is -0.428. The Morgan fingerprint density at radius 2 is 1.88 bits per heavy atom. The fourth-order valence-corrected chi connectivity index (χ4v) is 2.61. The van der Waals surface area contributed by atoms with E-state index < -0.39 is 5.91 Å². The molecule has 0 spiro atoms. The van der Waals surface area contributed by atoms with Gasteiger partial charge >= 0.3 is 0 Å². The lowest BCUT2D eigenvalue weighted by Crippen LogP contribution is -2.25. The molecule has 0 saturated heterocycles. The van der Waals surface area contributed by atoms with E-state index in [0.29, 0.717) is 28.4 Å². The Kier molecular flexibility index (Phi) is 5.05. The molecule has 2 amide bonds. The van der Waals surface area contributed by atoms with Crippen LogP contribution in [0.5, 0.6) is 0 Å². The number of carbonyl (C=O) groups excluding carboxylic acids is 2. The van der Waals surface area contributed by atoms with E-state index in [-0.39, 0.29) is 11.7 Å². The monoisotopic (exact) mass is 356 g/mol. The average Bonchev–Trinajstić information content (AvgIpc) is 3.03. The molecule has 2 aromatic carbocycles. The summed E-state index contributed by atoms with van der Waals surface area (Å²) < 4.78 is 5.55. The number of fused-ring (bicyclic) bond motifs is 1. The van der Waals surface area contributed by atoms with Gasteiger partial charge in [-0.3, -0.25) is 9.59 Å². The zero-order valence-electron chi connectivity index (χ0n) is 13.6. The molecule has 3 aromatic rings. The molecule has 0 atom stereocenters. The number of nitrogens with one attached hydrogen (secondary N) is 2. The first kappa shape index (κ1) is 17.0. The highest BCUT2D eigenvalue weighted by molar-refractivity contribution is 6.31. The number of benzene rings is 2. The van der Waals surface area contributed by atoms with Crippen LogP contribution in [-0.2, 0) is 0 Å². The fourth-order valence-electron chi connectivity index (χ4n) is 2.43. The smallest absolute Gasteiger partial charge is 0.291 e. The highest BCUT2D eigenvalue weighted by Crippen LogP contribution is 2.24. The first-order valence-electron chi connectivity index (χ1n) is 7.96. The number of hydrogen-bond donors (Lipinski definition) is 2. The Morgan fingerprint density at radius 3 is 2.68 bits per heavy atom. The van der Waals surface area contributed by atoms with E-state index in [9.17, 15) is 9.59 Å². The molecule has 0 aliphatic rings. The average molecular weight is 357 g/mol. The van der Waals surface area contributed by atoms with Crippen LogP contribution in [0.3, 0.4) is 0 Å². The van der Waals surface area contributed by atoms with Gasteiger partial charge in [0.15, 0.2) is 5.76 Å². The molecule has 6 heteroatoms. The fraction of sp³-hybridized carbons (Fsp3) is 0.158. The normalized spacial score (nSPS) is 10.6. The molecular weight excluding hydrogens is 340 g/mol. The standard InChI is InChI=1S/C19H17ClN2O3/c1-2-9-21-18(23)14-5-3-4-6-15(14)22-19(24)17-11-12-10-13(20)7-8-16(12)25-17/h3-8,10-11H,2,9H2,1H3,(H,21,23)(H,22,24). The largest absolute Gasteiger partial charge is 0.451 e. The minimum Gasteiger partial charge on any atom is -0.451 e. The Bertz CT molecular complexity index is 933. The van der Waals surface area contributed by atoms with Crippen LogP contribution in [0.25, 0.3) is 11.0 Å². The number of furan rings is 1. The van der Waals surface area contributed by atoms with Crippen LogP contribution < -0.4 is 10.6 Å². The minimum absolute atomic E-state index is 0.154. The summed E-state index contributed by atoms with van der Waals surface area (Å²) in [6.45, 7) is 2.55. The van der Waals surface area contributed by atoms with Gasteiger partial charge in [0.1, 0.15) is 5.58 Å². The molecule has 2 N–H and O–H groups in total. The van der Waals surface area contributed by atoms with Crippen molar-refractivity contribution in [3.8, 4) is 0 Å². The lowest BCUT2D eigenvalue weighted by atomic mass is 10.1. The summed E-state index contributed by atoms with van der Waals surface area (Å²) in [5.74, 6) is -0.502. The second-order valence-corrected chi connectivity index (χ2v) is 5.98. The van der Waals surface area contributed by atoms with Crippen molar-refractivity contribution >= 4 is 40.1 Å². The Balaban J connectivity index is 1.83. The van der Waals surface area contributed by atoms with Crippen LogP contribution in [0, 0.1) is 0 Å². The van der Waals surface area contributed by atoms with Gasteiger partial charge in [0.2, 0.25) is 0 Å². The van der Waals surface area contributed by atoms with Gasteiger partial charge < -0.3 is 15.1 Å². The Hall–Kier alpha value is -2.79. The number of carbonyl (C=O) groups is 2. The molecule has 0 aliphatic carbocycles. The second kappa shape index (κ2) is 7.40. The van der Waals surface area contributed by atoms with Crippen molar-refractivity contribution in [2.24, 2.45) is 0 Å². The number of rotatable bonds is 5. The zero-order chi connectivity index (χ0) is 17.8. The number of hydrogen-bond acceptors (Lipinski definition) is 3. The number of anilines is 1. The third-order valence-corrected chi connectivity index (χ3v) is 3.89. The summed E-state index contributed by atoms with van der Waals surface area (Å²) in [6.07, 6.45) is 0.835. The van der Waals surface area contributed by atoms with Crippen molar-refractivity contribution in [1.29, 1.82) is 0 Å². The van der Waals surface area contributed by atoms with Crippen LogP contribution in [0.15, 0.2) is 52.9 Å². The van der Waals surface area contributed by atoms with E-state index in [4.69, 9.17) is 16.0 Å². The molecule has 3 rings (SSSR count). The molecule has 128 valence electrons. The van der Waals surface area contributed by atoms with E-state index in [2.05, 4.69) is 10.6 Å². The van der Waals surface area contributed by atoms with Crippen molar-refractivity contribution < 1.29 is 14.0 Å². The maximum Gasteiger partial charge on any atom is 0.291 e. The summed E-state index contributed by atoms with van der Waals surface area (Å²) in [4.78, 5) is 24.7. The molecule has 0 bridgehead atoms. The summed E-state index contributed by atoms with van der Waals surface area (Å²) >= 11 is 5.95. The third kappa shape index (κ3) is 3.83. The van der Waals surface area contributed by atoms with Gasteiger partial charge in [-0.2, -0.15) is 0 Å². The molecule has 0 unspecified atom stereocenters. The van der Waals surface area contributed by atoms with Gasteiger partial charge in [-0.15, -0.1) is 0 Å². The molecule has 1 aromatic heterocycles. The summed E-state index contributed by atoms with van der Waals surface area (Å²) in [6, 6.07) is 13.6. The summed E-state index contributed by atoms with van der Waals surface area (Å²) in [5.41, 5.74) is 1.41. The van der Waals surface area contributed by atoms with Crippen LogP contribution in [-0.4, -0.2) is 18.4 Å². The van der Waals surface area contributed by atoms with Crippen LogP contribution in [0.1, 0.15) is 34.3 Å². The summed E-state index contributed by atoms with van der Waals surface area (Å²) in [5, 5.41) is 6.84. The zero-order valence-corrected chi connectivity index (χ0v) is 14.4. The molecule has 0 fully saturated rings. The first-order chi connectivity index (χ1) is 12.1. The predicted molar refractivity (Wildman–Crippen MR) is 98.2 cm³/mol. The molecule has 0 radical (unpaired) electrons. The number of para-hydroxylation sites is 1. The topological polar surface area (TPSA) is 71.3 Å². The maximum atomic E-state index is 12.5. The first-order valence-corrected chi connectivity index (χ1v) is 8.34. The van der Waals surface area contributed by atoms with Crippen molar-refractivity contribution in [3.63, 3.8) is 0 Å². The molecule has 0 saturated carbocycles. The van der Waals surface area contributed by atoms with E-state index in [0.717, 1.165) is 11.8 Å². The molecule has 0 aliphatic heterocycles. The third-order valence-electron chi connectivity index (χ3n) is 3.66. The SMILES string of the molecule is CCCNC(=O)c1ccccc1NC(=O)c1cc2cc(Cl)ccc2o1. The Morgan fingerprint density at radius 1 is 1.08 bits per heavy atom. The Labute approximate surface area is 150 Å². The highest BCUT2D eigenvalue weighted by Gasteiger charge is 2.16. The predicted octanol–water partition coefficient (Wildman–Crippen LogP) is 4.48. The van der Waals surface area contributed by atoms with Crippen molar-refractivity contribution in [2.45, 2.75) is 13.3 Å². The van der Waals surface area contributed by atoms with Crippen LogP contribution in [0.4, 0.5) is 5.69 Å². The molecular formula is C19H17ClN2O3. The van der Waals surface area contributed by atoms with Gasteiger partial charge in [0, 0.05) is 17.0 Å². The van der Waals surface area contributed by atoms with E-state index in [1.54, 1.807) is 48.5 Å².